The summed E-state index contributed by atoms with van der Waals surface area (Å²) in [5, 5.41) is 8.57. The molecule has 0 spiro atoms. The van der Waals surface area contributed by atoms with Crippen molar-refractivity contribution in [3.8, 4) is 0 Å². The van der Waals surface area contributed by atoms with Gasteiger partial charge < -0.3 is 27.4 Å². The molecule has 1 fully saturated rings. The molecule has 152 valence electrons. The third-order valence-corrected chi connectivity index (χ3v) is 4.41. The van der Waals surface area contributed by atoms with Crippen molar-refractivity contribution in [1.29, 1.82) is 0 Å². The summed E-state index contributed by atoms with van der Waals surface area (Å²) in [4.78, 5) is 24.2. The van der Waals surface area contributed by atoms with Gasteiger partial charge in [0.15, 0.2) is 0 Å². The number of carbonyl (C=O) groups excluding carboxylic acids is 2. The topological polar surface area (TPSA) is 122 Å². The summed E-state index contributed by atoms with van der Waals surface area (Å²) in [6.07, 6.45) is 2.80. The SMILES string of the molecule is Cc1c(F)cc(C(=O)NC2CNC2)cc1/C(N)=C/C=C(\N)C(=O)NCC(C)C. The first-order chi connectivity index (χ1) is 13.2. The van der Waals surface area contributed by atoms with Crippen LogP contribution in [-0.4, -0.2) is 37.5 Å². The molecule has 1 aromatic rings. The van der Waals surface area contributed by atoms with Gasteiger partial charge in [0, 0.05) is 36.5 Å². The highest BCUT2D eigenvalue weighted by atomic mass is 19.1. The minimum Gasteiger partial charge on any atom is -0.398 e. The maximum Gasteiger partial charge on any atom is 0.267 e. The standard InChI is InChI=1S/C20H28FN5O2/c1-11(2)8-25-20(28)18(23)5-4-17(22)15-6-13(7-16(21)12(15)3)19(27)26-14-9-24-10-14/h4-7,11,14,24H,8-10,22-23H2,1-3H3,(H,25,28)(H,26,27)/b17-4-,18-5-. The van der Waals surface area contributed by atoms with Crippen molar-refractivity contribution >= 4 is 17.5 Å². The normalized spacial score (nSPS) is 15.3. The minimum absolute atomic E-state index is 0.00638. The molecule has 0 saturated carbocycles. The van der Waals surface area contributed by atoms with E-state index in [1.165, 1.54) is 24.3 Å². The first-order valence-corrected chi connectivity index (χ1v) is 9.22. The summed E-state index contributed by atoms with van der Waals surface area (Å²) in [5.41, 5.74) is 12.9. The largest absolute Gasteiger partial charge is 0.398 e. The van der Waals surface area contributed by atoms with Gasteiger partial charge in [-0.1, -0.05) is 13.8 Å². The van der Waals surface area contributed by atoms with Crippen molar-refractivity contribution in [1.82, 2.24) is 16.0 Å². The lowest BCUT2D eigenvalue weighted by Gasteiger charge is -2.28. The van der Waals surface area contributed by atoms with Crippen molar-refractivity contribution in [2.45, 2.75) is 26.8 Å². The highest BCUT2D eigenvalue weighted by Crippen LogP contribution is 2.21. The lowest BCUT2D eigenvalue weighted by Crippen LogP contribution is -2.56. The second-order valence-corrected chi connectivity index (χ2v) is 7.31. The maximum absolute atomic E-state index is 14.3. The van der Waals surface area contributed by atoms with Crippen LogP contribution in [-0.2, 0) is 4.79 Å². The van der Waals surface area contributed by atoms with E-state index >= 15 is 0 Å². The minimum atomic E-state index is -0.530. The van der Waals surface area contributed by atoms with Crippen LogP contribution in [0.1, 0.15) is 35.3 Å². The van der Waals surface area contributed by atoms with E-state index < -0.39 is 11.7 Å². The van der Waals surface area contributed by atoms with E-state index in [1.54, 1.807) is 6.92 Å². The van der Waals surface area contributed by atoms with E-state index in [4.69, 9.17) is 11.5 Å². The zero-order valence-corrected chi connectivity index (χ0v) is 16.4. The number of benzene rings is 1. The average Bonchev–Trinajstić information content (AvgIpc) is 2.62. The number of halogens is 1. The molecule has 1 aromatic carbocycles. The van der Waals surface area contributed by atoms with Gasteiger partial charge >= 0.3 is 0 Å². The average molecular weight is 389 g/mol. The second kappa shape index (κ2) is 9.36. The van der Waals surface area contributed by atoms with Gasteiger partial charge in [-0.15, -0.1) is 0 Å². The van der Waals surface area contributed by atoms with Crippen LogP contribution in [0, 0.1) is 18.7 Å². The van der Waals surface area contributed by atoms with Gasteiger partial charge in [-0.05, 0) is 42.7 Å². The molecule has 28 heavy (non-hydrogen) atoms. The Morgan fingerprint density at radius 3 is 2.54 bits per heavy atom. The summed E-state index contributed by atoms with van der Waals surface area (Å²) in [6.45, 7) is 7.41. The maximum atomic E-state index is 14.3. The molecule has 2 rings (SSSR count). The van der Waals surface area contributed by atoms with Gasteiger partial charge in [0.05, 0.1) is 11.7 Å². The first kappa shape index (κ1) is 21.4. The number of rotatable bonds is 7. The fraction of sp³-hybridized carbons (Fsp3) is 0.400. The van der Waals surface area contributed by atoms with E-state index in [9.17, 15) is 14.0 Å². The fourth-order valence-corrected chi connectivity index (χ4v) is 2.51. The van der Waals surface area contributed by atoms with E-state index in [0.29, 0.717) is 36.7 Å². The van der Waals surface area contributed by atoms with Crippen molar-refractivity contribution in [2.24, 2.45) is 17.4 Å². The molecule has 0 aromatic heterocycles. The van der Waals surface area contributed by atoms with Crippen molar-refractivity contribution in [2.75, 3.05) is 19.6 Å². The van der Waals surface area contributed by atoms with E-state index in [-0.39, 0.29) is 28.9 Å². The number of carbonyl (C=O) groups is 2. The molecule has 0 radical (unpaired) electrons. The van der Waals surface area contributed by atoms with Crippen LogP contribution in [0.4, 0.5) is 4.39 Å². The first-order valence-electron chi connectivity index (χ1n) is 9.22. The van der Waals surface area contributed by atoms with Crippen molar-refractivity contribution in [3.05, 3.63) is 52.5 Å². The number of amides is 2. The van der Waals surface area contributed by atoms with E-state index in [1.807, 2.05) is 13.8 Å². The monoisotopic (exact) mass is 389 g/mol. The molecular formula is C20H28FN5O2. The third-order valence-electron chi connectivity index (χ3n) is 4.41. The molecule has 1 aliphatic rings. The quantitative estimate of drug-likeness (QED) is 0.348. The van der Waals surface area contributed by atoms with Gasteiger partial charge in [-0.2, -0.15) is 0 Å². The number of hydrogen-bond acceptors (Lipinski definition) is 5. The van der Waals surface area contributed by atoms with E-state index in [0.717, 1.165) is 0 Å². The Kier molecular flexibility index (Phi) is 7.17. The highest BCUT2D eigenvalue weighted by Gasteiger charge is 2.21. The molecule has 8 heteroatoms. The smallest absolute Gasteiger partial charge is 0.267 e. The molecule has 1 heterocycles. The van der Waals surface area contributed by atoms with Crippen LogP contribution in [0.3, 0.4) is 0 Å². The predicted octanol–water partition coefficient (Wildman–Crippen LogP) is 0.750. The van der Waals surface area contributed by atoms with Gasteiger partial charge in [0.2, 0.25) is 0 Å². The zero-order chi connectivity index (χ0) is 20.8. The summed E-state index contributed by atoms with van der Waals surface area (Å²) < 4.78 is 14.3. The fourth-order valence-electron chi connectivity index (χ4n) is 2.51. The van der Waals surface area contributed by atoms with Gasteiger partial charge in [0.1, 0.15) is 5.82 Å². The van der Waals surface area contributed by atoms with Crippen LogP contribution >= 0.6 is 0 Å². The molecule has 7 N–H and O–H groups in total. The van der Waals surface area contributed by atoms with Crippen LogP contribution in [0.2, 0.25) is 0 Å². The molecule has 2 amide bonds. The zero-order valence-electron chi connectivity index (χ0n) is 16.4. The Morgan fingerprint density at radius 1 is 1.29 bits per heavy atom. The second-order valence-electron chi connectivity index (χ2n) is 7.31. The number of nitrogens with two attached hydrogens (primary N) is 2. The molecule has 0 bridgehead atoms. The molecule has 0 atom stereocenters. The van der Waals surface area contributed by atoms with Crippen molar-refractivity contribution in [3.63, 3.8) is 0 Å². The molecule has 1 saturated heterocycles. The Morgan fingerprint density at radius 2 is 1.96 bits per heavy atom. The van der Waals surface area contributed by atoms with Crippen molar-refractivity contribution < 1.29 is 14.0 Å². The Balaban J connectivity index is 2.19. The van der Waals surface area contributed by atoms with Crippen LogP contribution in [0.25, 0.3) is 5.70 Å². The van der Waals surface area contributed by atoms with Crippen LogP contribution in [0.15, 0.2) is 30.0 Å². The van der Waals surface area contributed by atoms with Crippen LogP contribution in [0.5, 0.6) is 0 Å². The lowest BCUT2D eigenvalue weighted by molar-refractivity contribution is -0.117. The van der Waals surface area contributed by atoms with Crippen LogP contribution < -0.4 is 27.4 Å². The summed E-state index contributed by atoms with van der Waals surface area (Å²) in [7, 11) is 0. The predicted molar refractivity (Wildman–Crippen MR) is 108 cm³/mol. The molecular weight excluding hydrogens is 361 g/mol. The summed E-state index contributed by atoms with van der Waals surface area (Å²) in [6, 6.07) is 2.77. The summed E-state index contributed by atoms with van der Waals surface area (Å²) in [5.74, 6) is -0.990. The molecule has 0 unspecified atom stereocenters. The molecule has 0 aliphatic carbocycles. The third kappa shape index (κ3) is 5.56. The lowest BCUT2D eigenvalue weighted by atomic mass is 10.0. The Bertz CT molecular complexity index is 813. The number of hydrogen-bond donors (Lipinski definition) is 5. The number of nitrogens with one attached hydrogen (secondary N) is 3. The van der Waals surface area contributed by atoms with Gasteiger partial charge in [-0.25, -0.2) is 4.39 Å². The van der Waals surface area contributed by atoms with Gasteiger partial charge in [-0.3, -0.25) is 9.59 Å². The Labute approximate surface area is 164 Å². The number of allylic oxidation sites excluding steroid dienone is 2. The van der Waals surface area contributed by atoms with E-state index in [2.05, 4.69) is 16.0 Å². The molecule has 1 aliphatic heterocycles. The highest BCUT2D eigenvalue weighted by molar-refractivity contribution is 5.96. The van der Waals surface area contributed by atoms with Gasteiger partial charge in [0.25, 0.3) is 11.8 Å². The Hall–Kier alpha value is -2.87. The molecule has 7 nitrogen and oxygen atoms in total. The summed E-state index contributed by atoms with van der Waals surface area (Å²) >= 11 is 0.